The molecule has 0 N–H and O–H groups in total. The second-order valence-corrected chi connectivity index (χ2v) is 11.0. The van der Waals surface area contributed by atoms with E-state index < -0.39 is 0 Å². The predicted molar refractivity (Wildman–Crippen MR) is 150 cm³/mol. The predicted octanol–water partition coefficient (Wildman–Crippen LogP) is 12.6. The molecule has 1 atom stereocenters. The van der Waals surface area contributed by atoms with Crippen LogP contribution in [0.5, 0.6) is 0 Å². The van der Waals surface area contributed by atoms with Gasteiger partial charge in [-0.15, -0.1) is 0 Å². The molecule has 0 heterocycles. The van der Waals surface area contributed by atoms with Crippen molar-refractivity contribution in [3.8, 4) is 0 Å². The van der Waals surface area contributed by atoms with E-state index in [1.54, 1.807) is 0 Å². The molecule has 0 spiro atoms. The van der Waals surface area contributed by atoms with Crippen LogP contribution in [0.15, 0.2) is 0 Å². The highest BCUT2D eigenvalue weighted by atomic mass is 14.1. The molecule has 0 nitrogen and oxygen atoms in total. The number of hydrogen-bond acceptors (Lipinski definition) is 0. The quantitative estimate of drug-likeness (QED) is 0.104. The van der Waals surface area contributed by atoms with Crippen molar-refractivity contribution in [1.29, 1.82) is 0 Å². The van der Waals surface area contributed by atoms with Gasteiger partial charge >= 0.3 is 0 Å². The Kier molecular flexibility index (Phi) is 29.0. The molecule has 0 saturated carbocycles. The number of rotatable bonds is 28. The molecule has 0 heteroatoms. The maximum atomic E-state index is 2.36. The Morgan fingerprint density at radius 3 is 0.750 bits per heavy atom. The van der Waals surface area contributed by atoms with Crippen LogP contribution in [0.1, 0.15) is 201 Å². The summed E-state index contributed by atoms with van der Waals surface area (Å²) in [4.78, 5) is 0. The molecule has 194 valence electrons. The van der Waals surface area contributed by atoms with Crippen LogP contribution in [-0.2, 0) is 0 Å². The van der Waals surface area contributed by atoms with E-state index in [0.29, 0.717) is 0 Å². The van der Waals surface area contributed by atoms with Crippen LogP contribution < -0.4 is 0 Å². The highest BCUT2D eigenvalue weighted by Crippen LogP contribution is 2.24. The summed E-state index contributed by atoms with van der Waals surface area (Å²) in [7, 11) is 0. The summed E-state index contributed by atoms with van der Waals surface area (Å²) < 4.78 is 0. The second-order valence-electron chi connectivity index (χ2n) is 11.0. The Labute approximate surface area is 206 Å². The van der Waals surface area contributed by atoms with Crippen LogP contribution in [0.3, 0.4) is 0 Å². The SMILES string of the molecule is CCCCCCCCCCCCCCC(CCCC)CCCCCCCCCCCCC. The van der Waals surface area contributed by atoms with Crippen molar-refractivity contribution in [2.45, 2.75) is 201 Å². The minimum absolute atomic E-state index is 1.04. The number of hydrogen-bond donors (Lipinski definition) is 0. The van der Waals surface area contributed by atoms with E-state index in [2.05, 4.69) is 20.8 Å². The minimum atomic E-state index is 1.04. The summed E-state index contributed by atoms with van der Waals surface area (Å²) >= 11 is 0. The Bertz CT molecular complexity index is 307. The lowest BCUT2D eigenvalue weighted by Gasteiger charge is -2.16. The first-order chi connectivity index (χ1) is 15.8. The van der Waals surface area contributed by atoms with Gasteiger partial charge in [0.25, 0.3) is 0 Å². The van der Waals surface area contributed by atoms with E-state index >= 15 is 0 Å². The standard InChI is InChI=1S/C32H66/c1-4-7-10-12-14-16-18-20-22-24-26-28-31-32(29-9-6-3)30-27-25-23-21-19-17-15-13-11-8-5-2/h32H,4-31H2,1-3H3. The van der Waals surface area contributed by atoms with Crippen LogP contribution in [0.2, 0.25) is 0 Å². The average molecular weight is 451 g/mol. The van der Waals surface area contributed by atoms with E-state index in [0.717, 1.165) is 5.92 Å². The van der Waals surface area contributed by atoms with Gasteiger partial charge in [-0.1, -0.05) is 201 Å². The molecule has 0 aromatic rings. The van der Waals surface area contributed by atoms with Crippen LogP contribution in [0.4, 0.5) is 0 Å². The van der Waals surface area contributed by atoms with Gasteiger partial charge in [0.2, 0.25) is 0 Å². The number of unbranched alkanes of at least 4 members (excludes halogenated alkanes) is 22. The van der Waals surface area contributed by atoms with Crippen LogP contribution in [0, 0.1) is 5.92 Å². The maximum absolute atomic E-state index is 2.36. The molecule has 0 aliphatic rings. The van der Waals surface area contributed by atoms with Gasteiger partial charge in [0.1, 0.15) is 0 Å². The lowest BCUT2D eigenvalue weighted by atomic mass is 9.90. The van der Waals surface area contributed by atoms with Crippen LogP contribution in [0.25, 0.3) is 0 Å². The van der Waals surface area contributed by atoms with E-state index in [1.807, 2.05) is 0 Å². The lowest BCUT2D eigenvalue weighted by molar-refractivity contribution is 0.370. The van der Waals surface area contributed by atoms with E-state index in [-0.39, 0.29) is 0 Å². The van der Waals surface area contributed by atoms with Gasteiger partial charge in [0, 0.05) is 0 Å². The Morgan fingerprint density at radius 2 is 0.469 bits per heavy atom. The van der Waals surface area contributed by atoms with Gasteiger partial charge < -0.3 is 0 Å². The molecule has 0 aromatic heterocycles. The highest BCUT2D eigenvalue weighted by Gasteiger charge is 2.08. The van der Waals surface area contributed by atoms with Crippen molar-refractivity contribution in [3.05, 3.63) is 0 Å². The van der Waals surface area contributed by atoms with Gasteiger partial charge in [-0.2, -0.15) is 0 Å². The molecular weight excluding hydrogens is 384 g/mol. The third-order valence-electron chi connectivity index (χ3n) is 7.65. The molecule has 0 rings (SSSR count). The summed E-state index contributed by atoms with van der Waals surface area (Å²) in [5.74, 6) is 1.04. The normalized spacial score (nSPS) is 12.5. The van der Waals surface area contributed by atoms with Crippen molar-refractivity contribution >= 4 is 0 Å². The minimum Gasteiger partial charge on any atom is -0.0654 e. The van der Waals surface area contributed by atoms with E-state index in [1.165, 1.54) is 180 Å². The second kappa shape index (κ2) is 29.0. The lowest BCUT2D eigenvalue weighted by Crippen LogP contribution is -2.01. The Balaban J connectivity index is 3.49. The molecular formula is C32H66. The van der Waals surface area contributed by atoms with E-state index in [4.69, 9.17) is 0 Å². The summed E-state index contributed by atoms with van der Waals surface area (Å²) in [5.41, 5.74) is 0. The van der Waals surface area contributed by atoms with Crippen LogP contribution in [-0.4, -0.2) is 0 Å². The first-order valence-corrected chi connectivity index (χ1v) is 15.8. The molecule has 0 amide bonds. The molecule has 0 aromatic carbocycles. The highest BCUT2D eigenvalue weighted by molar-refractivity contribution is 4.61. The molecule has 0 saturated heterocycles. The smallest absolute Gasteiger partial charge is 0.0414 e. The molecule has 0 fully saturated rings. The van der Waals surface area contributed by atoms with Gasteiger partial charge in [-0.3, -0.25) is 0 Å². The summed E-state index contributed by atoms with van der Waals surface area (Å²) in [6, 6.07) is 0. The van der Waals surface area contributed by atoms with Gasteiger partial charge in [-0.05, 0) is 5.92 Å². The van der Waals surface area contributed by atoms with Gasteiger partial charge in [0.05, 0.1) is 0 Å². The largest absolute Gasteiger partial charge is 0.0654 e. The molecule has 0 aliphatic carbocycles. The fourth-order valence-corrected chi connectivity index (χ4v) is 5.30. The molecule has 0 aliphatic heterocycles. The van der Waals surface area contributed by atoms with Crippen molar-refractivity contribution in [1.82, 2.24) is 0 Å². The monoisotopic (exact) mass is 451 g/mol. The van der Waals surface area contributed by atoms with Crippen molar-refractivity contribution < 1.29 is 0 Å². The fourth-order valence-electron chi connectivity index (χ4n) is 5.30. The average Bonchev–Trinajstić information content (AvgIpc) is 2.81. The van der Waals surface area contributed by atoms with Crippen molar-refractivity contribution in [2.75, 3.05) is 0 Å². The zero-order valence-electron chi connectivity index (χ0n) is 23.4. The summed E-state index contributed by atoms with van der Waals surface area (Å²) in [5, 5.41) is 0. The zero-order chi connectivity index (χ0) is 23.4. The maximum Gasteiger partial charge on any atom is -0.0414 e. The zero-order valence-corrected chi connectivity index (χ0v) is 23.4. The Hall–Kier alpha value is 0. The van der Waals surface area contributed by atoms with Gasteiger partial charge in [0.15, 0.2) is 0 Å². The van der Waals surface area contributed by atoms with Crippen LogP contribution >= 0.6 is 0 Å². The summed E-state index contributed by atoms with van der Waals surface area (Å²) in [6.45, 7) is 6.99. The molecule has 32 heavy (non-hydrogen) atoms. The first-order valence-electron chi connectivity index (χ1n) is 15.8. The van der Waals surface area contributed by atoms with Crippen molar-refractivity contribution in [2.24, 2.45) is 5.92 Å². The summed E-state index contributed by atoms with van der Waals surface area (Å²) in [6.07, 6.45) is 41.3. The molecule has 0 bridgehead atoms. The Morgan fingerprint density at radius 1 is 0.250 bits per heavy atom. The molecule has 0 radical (unpaired) electrons. The molecule has 1 unspecified atom stereocenters. The van der Waals surface area contributed by atoms with E-state index in [9.17, 15) is 0 Å². The third-order valence-corrected chi connectivity index (χ3v) is 7.65. The first kappa shape index (κ1) is 32.0. The van der Waals surface area contributed by atoms with Crippen molar-refractivity contribution in [3.63, 3.8) is 0 Å². The fraction of sp³-hybridized carbons (Fsp3) is 1.00. The topological polar surface area (TPSA) is 0 Å². The third kappa shape index (κ3) is 26.3. The van der Waals surface area contributed by atoms with Gasteiger partial charge in [-0.25, -0.2) is 0 Å².